The molecule has 2 nitrogen and oxygen atoms in total. The van der Waals surface area contributed by atoms with Crippen LogP contribution in [0.2, 0.25) is 5.02 Å². The van der Waals surface area contributed by atoms with Crippen molar-refractivity contribution in [3.63, 3.8) is 0 Å². The minimum atomic E-state index is 0.577. The number of fused-ring (bicyclic) bond motifs is 2. The molecule has 2 N–H and O–H groups in total. The zero-order valence-electron chi connectivity index (χ0n) is 11.6. The van der Waals surface area contributed by atoms with Crippen molar-refractivity contribution in [2.24, 2.45) is 23.5 Å². The maximum atomic E-state index is 6.13. The number of rotatable bonds is 4. The Morgan fingerprint density at radius 2 is 2.16 bits per heavy atom. The summed E-state index contributed by atoms with van der Waals surface area (Å²) in [6.45, 7) is 1.72. The van der Waals surface area contributed by atoms with Gasteiger partial charge in [-0.3, -0.25) is 0 Å². The van der Waals surface area contributed by atoms with Crippen molar-refractivity contribution >= 4 is 17.3 Å². The van der Waals surface area contributed by atoms with E-state index >= 15 is 0 Å². The van der Waals surface area contributed by atoms with Gasteiger partial charge in [0.1, 0.15) is 0 Å². The molecule has 0 amide bonds. The van der Waals surface area contributed by atoms with Gasteiger partial charge < -0.3 is 10.6 Å². The van der Waals surface area contributed by atoms with E-state index in [0.29, 0.717) is 6.54 Å². The second-order valence-electron chi connectivity index (χ2n) is 6.29. The first-order valence-corrected chi connectivity index (χ1v) is 7.74. The summed E-state index contributed by atoms with van der Waals surface area (Å²) < 4.78 is 0. The highest BCUT2D eigenvalue weighted by molar-refractivity contribution is 6.30. The summed E-state index contributed by atoms with van der Waals surface area (Å²) >= 11 is 6.13. The Kier molecular flexibility index (Phi) is 3.72. The third-order valence-corrected chi connectivity index (χ3v) is 5.31. The highest BCUT2D eigenvalue weighted by Crippen LogP contribution is 2.48. The lowest BCUT2D eigenvalue weighted by molar-refractivity contribution is 0.337. The molecular weight excluding hydrogens is 256 g/mol. The lowest BCUT2D eigenvalue weighted by Gasteiger charge is -2.30. The molecule has 1 aromatic rings. The van der Waals surface area contributed by atoms with Crippen LogP contribution in [-0.2, 0) is 6.54 Å². The molecule has 0 spiro atoms. The zero-order chi connectivity index (χ0) is 13.4. The maximum absolute atomic E-state index is 6.13. The summed E-state index contributed by atoms with van der Waals surface area (Å²) in [6.07, 6.45) is 5.81. The van der Waals surface area contributed by atoms with E-state index in [1.165, 1.54) is 36.9 Å². The molecule has 0 saturated heterocycles. The molecule has 2 saturated carbocycles. The van der Waals surface area contributed by atoms with Crippen LogP contribution >= 0.6 is 11.6 Å². The second-order valence-corrected chi connectivity index (χ2v) is 6.73. The van der Waals surface area contributed by atoms with Gasteiger partial charge in [0.15, 0.2) is 0 Å². The number of hydrogen-bond acceptors (Lipinski definition) is 2. The first kappa shape index (κ1) is 13.3. The summed E-state index contributed by atoms with van der Waals surface area (Å²) in [5.74, 6) is 2.85. The lowest BCUT2D eigenvalue weighted by Crippen LogP contribution is -2.29. The molecule has 104 valence electrons. The standard InChI is InChI=1S/C16H23ClN2/c1-19(10-14-7-11-2-3-12(14)6-11)16-8-15(17)5-4-13(16)9-18/h4-5,8,11-12,14H,2-3,6-7,9-10,18H2,1H3. The van der Waals surface area contributed by atoms with Crippen LogP contribution in [-0.4, -0.2) is 13.6 Å². The van der Waals surface area contributed by atoms with Gasteiger partial charge >= 0.3 is 0 Å². The minimum Gasteiger partial charge on any atom is -0.374 e. The van der Waals surface area contributed by atoms with Gasteiger partial charge in [-0.15, -0.1) is 0 Å². The number of benzene rings is 1. The molecule has 0 aromatic heterocycles. The van der Waals surface area contributed by atoms with Gasteiger partial charge in [-0.05, 0) is 54.7 Å². The average Bonchev–Trinajstić information content (AvgIpc) is 3.01. The Morgan fingerprint density at radius 1 is 1.32 bits per heavy atom. The molecule has 2 fully saturated rings. The molecule has 0 aliphatic heterocycles. The topological polar surface area (TPSA) is 29.3 Å². The highest BCUT2D eigenvalue weighted by Gasteiger charge is 2.39. The van der Waals surface area contributed by atoms with Crippen LogP contribution in [0.15, 0.2) is 18.2 Å². The molecular formula is C16H23ClN2. The fraction of sp³-hybridized carbons (Fsp3) is 0.625. The van der Waals surface area contributed by atoms with Gasteiger partial charge in [-0.25, -0.2) is 0 Å². The van der Waals surface area contributed by atoms with Crippen LogP contribution in [0.1, 0.15) is 31.2 Å². The van der Waals surface area contributed by atoms with E-state index in [2.05, 4.69) is 24.1 Å². The third-order valence-electron chi connectivity index (χ3n) is 5.07. The smallest absolute Gasteiger partial charge is 0.0426 e. The first-order chi connectivity index (χ1) is 9.17. The zero-order valence-corrected chi connectivity index (χ0v) is 12.4. The van der Waals surface area contributed by atoms with Gasteiger partial charge in [0, 0.05) is 30.8 Å². The van der Waals surface area contributed by atoms with Gasteiger partial charge in [-0.1, -0.05) is 24.1 Å². The summed E-state index contributed by atoms with van der Waals surface area (Å²) in [4.78, 5) is 2.36. The van der Waals surface area contributed by atoms with Crippen molar-refractivity contribution in [3.8, 4) is 0 Å². The molecule has 3 unspecified atom stereocenters. The summed E-state index contributed by atoms with van der Waals surface area (Å²) in [5.41, 5.74) is 8.23. The molecule has 1 aromatic carbocycles. The quantitative estimate of drug-likeness (QED) is 0.910. The maximum Gasteiger partial charge on any atom is 0.0426 e. The Balaban J connectivity index is 1.73. The fourth-order valence-electron chi connectivity index (χ4n) is 4.12. The third kappa shape index (κ3) is 2.61. The summed E-state index contributed by atoms with van der Waals surface area (Å²) in [5, 5.41) is 0.798. The van der Waals surface area contributed by atoms with Crippen LogP contribution in [0.3, 0.4) is 0 Å². The number of nitrogens with two attached hydrogens (primary N) is 1. The van der Waals surface area contributed by atoms with Crippen molar-refractivity contribution in [2.75, 3.05) is 18.5 Å². The first-order valence-electron chi connectivity index (χ1n) is 7.37. The normalized spacial score (nSPS) is 28.9. The van der Waals surface area contributed by atoms with E-state index in [0.717, 1.165) is 29.3 Å². The predicted octanol–water partition coefficient (Wildman–Crippen LogP) is 3.67. The van der Waals surface area contributed by atoms with Gasteiger partial charge in [0.05, 0.1) is 0 Å². The number of halogens is 1. The van der Waals surface area contributed by atoms with E-state index in [-0.39, 0.29) is 0 Å². The minimum absolute atomic E-state index is 0.577. The van der Waals surface area contributed by atoms with Crippen molar-refractivity contribution in [1.82, 2.24) is 0 Å². The average molecular weight is 279 g/mol. The second kappa shape index (κ2) is 5.34. The molecule has 3 heteroatoms. The van der Waals surface area contributed by atoms with Crippen LogP contribution in [0.5, 0.6) is 0 Å². The van der Waals surface area contributed by atoms with Crippen molar-refractivity contribution in [2.45, 2.75) is 32.2 Å². The van der Waals surface area contributed by atoms with E-state index in [1.54, 1.807) is 0 Å². The Bertz CT molecular complexity index is 460. The van der Waals surface area contributed by atoms with Crippen molar-refractivity contribution in [3.05, 3.63) is 28.8 Å². The van der Waals surface area contributed by atoms with Gasteiger partial charge in [-0.2, -0.15) is 0 Å². The monoisotopic (exact) mass is 278 g/mol. The fourth-order valence-corrected chi connectivity index (χ4v) is 4.28. The largest absolute Gasteiger partial charge is 0.374 e. The van der Waals surface area contributed by atoms with Crippen LogP contribution in [0.25, 0.3) is 0 Å². The Morgan fingerprint density at radius 3 is 2.79 bits per heavy atom. The SMILES string of the molecule is CN(CC1CC2CCC1C2)c1cc(Cl)ccc1CN. The van der Waals surface area contributed by atoms with Gasteiger partial charge in [0.2, 0.25) is 0 Å². The van der Waals surface area contributed by atoms with Gasteiger partial charge in [0.25, 0.3) is 0 Å². The number of anilines is 1. The molecule has 2 bridgehead atoms. The molecule has 2 aliphatic carbocycles. The Labute approximate surface area is 120 Å². The molecule has 0 heterocycles. The number of nitrogens with zero attached hydrogens (tertiary/aromatic N) is 1. The summed E-state index contributed by atoms with van der Waals surface area (Å²) in [6, 6.07) is 6.03. The predicted molar refractivity (Wildman–Crippen MR) is 81.6 cm³/mol. The molecule has 3 atom stereocenters. The number of hydrogen-bond donors (Lipinski definition) is 1. The molecule has 2 aliphatic rings. The molecule has 0 radical (unpaired) electrons. The highest BCUT2D eigenvalue weighted by atomic mass is 35.5. The molecule has 3 rings (SSSR count). The Hall–Kier alpha value is -0.730. The van der Waals surface area contributed by atoms with Crippen LogP contribution in [0, 0.1) is 17.8 Å². The van der Waals surface area contributed by atoms with E-state index in [9.17, 15) is 0 Å². The van der Waals surface area contributed by atoms with Crippen molar-refractivity contribution in [1.29, 1.82) is 0 Å². The van der Waals surface area contributed by atoms with Crippen LogP contribution < -0.4 is 10.6 Å². The van der Waals surface area contributed by atoms with E-state index < -0.39 is 0 Å². The van der Waals surface area contributed by atoms with E-state index in [4.69, 9.17) is 17.3 Å². The summed E-state index contributed by atoms with van der Waals surface area (Å²) in [7, 11) is 2.18. The van der Waals surface area contributed by atoms with Crippen LogP contribution in [0.4, 0.5) is 5.69 Å². The molecule has 19 heavy (non-hydrogen) atoms. The lowest BCUT2D eigenvalue weighted by atomic mass is 9.88. The van der Waals surface area contributed by atoms with Crippen molar-refractivity contribution < 1.29 is 0 Å². The van der Waals surface area contributed by atoms with E-state index in [1.807, 2.05) is 6.07 Å².